The van der Waals surface area contributed by atoms with Crippen LogP contribution in [0.15, 0.2) is 49.1 Å². The van der Waals surface area contributed by atoms with Gasteiger partial charge in [0.2, 0.25) is 0 Å². The third kappa shape index (κ3) is 2.75. The first-order valence-corrected chi connectivity index (χ1v) is 4.16. The minimum atomic E-state index is 0.992. The van der Waals surface area contributed by atoms with Gasteiger partial charge >= 0.3 is 0 Å². The van der Waals surface area contributed by atoms with Crippen molar-refractivity contribution in [1.82, 2.24) is 0 Å². The first-order valence-electron chi connectivity index (χ1n) is 4.16. The predicted molar refractivity (Wildman–Crippen MR) is 54.2 cm³/mol. The standard InChI is InChI=1S/C12H14/c1-3-4-5-6-12-9-7-11(2)8-10-12/h3-5,7-10H,1,6H2,2H3. The molecule has 12 heavy (non-hydrogen) atoms. The van der Waals surface area contributed by atoms with E-state index in [1.165, 1.54) is 11.1 Å². The van der Waals surface area contributed by atoms with E-state index in [0.29, 0.717) is 0 Å². The lowest BCUT2D eigenvalue weighted by Gasteiger charge is -1.96. The zero-order chi connectivity index (χ0) is 8.81. The zero-order valence-electron chi connectivity index (χ0n) is 7.46. The summed E-state index contributed by atoms with van der Waals surface area (Å²) in [7, 11) is 0. The van der Waals surface area contributed by atoms with Crippen molar-refractivity contribution < 1.29 is 0 Å². The Morgan fingerprint density at radius 2 is 1.92 bits per heavy atom. The van der Waals surface area contributed by atoms with Crippen LogP contribution in [0.3, 0.4) is 0 Å². The maximum atomic E-state index is 3.62. The summed E-state index contributed by atoms with van der Waals surface area (Å²) in [4.78, 5) is 0. The minimum absolute atomic E-state index is 0.992. The van der Waals surface area contributed by atoms with E-state index in [-0.39, 0.29) is 0 Å². The van der Waals surface area contributed by atoms with Crippen LogP contribution < -0.4 is 0 Å². The monoisotopic (exact) mass is 158 g/mol. The van der Waals surface area contributed by atoms with E-state index < -0.39 is 0 Å². The fourth-order valence-electron chi connectivity index (χ4n) is 1.02. The summed E-state index contributed by atoms with van der Waals surface area (Å²) in [6.45, 7) is 5.72. The molecule has 0 bridgehead atoms. The Bertz CT molecular complexity index is 265. The summed E-state index contributed by atoms with van der Waals surface area (Å²) in [6, 6.07) is 8.58. The topological polar surface area (TPSA) is 0 Å². The molecule has 0 heterocycles. The van der Waals surface area contributed by atoms with Gasteiger partial charge in [-0.05, 0) is 18.9 Å². The second-order valence-corrected chi connectivity index (χ2v) is 2.85. The molecule has 0 aliphatic rings. The molecule has 0 aliphatic heterocycles. The van der Waals surface area contributed by atoms with E-state index in [1.807, 2.05) is 6.08 Å². The minimum Gasteiger partial charge on any atom is -0.0991 e. The third-order valence-electron chi connectivity index (χ3n) is 1.75. The lowest BCUT2D eigenvalue weighted by atomic mass is 10.1. The van der Waals surface area contributed by atoms with Crippen molar-refractivity contribution in [3.63, 3.8) is 0 Å². The summed E-state index contributed by atoms with van der Waals surface area (Å²) in [6.07, 6.45) is 6.87. The number of benzene rings is 1. The van der Waals surface area contributed by atoms with Crippen molar-refractivity contribution >= 4 is 0 Å². The zero-order valence-corrected chi connectivity index (χ0v) is 7.46. The summed E-state index contributed by atoms with van der Waals surface area (Å²) in [5, 5.41) is 0. The Kier molecular flexibility index (Phi) is 3.34. The molecule has 1 rings (SSSR count). The van der Waals surface area contributed by atoms with Gasteiger partial charge < -0.3 is 0 Å². The highest BCUT2D eigenvalue weighted by molar-refractivity contribution is 5.23. The van der Waals surface area contributed by atoms with Gasteiger partial charge in [0.25, 0.3) is 0 Å². The van der Waals surface area contributed by atoms with Gasteiger partial charge in [0.1, 0.15) is 0 Å². The maximum Gasteiger partial charge on any atom is -0.00943 e. The van der Waals surface area contributed by atoms with Gasteiger partial charge in [-0.1, -0.05) is 54.6 Å². The molecule has 0 saturated carbocycles. The van der Waals surface area contributed by atoms with E-state index in [1.54, 1.807) is 6.08 Å². The molecule has 0 aromatic heterocycles. The molecule has 0 atom stereocenters. The van der Waals surface area contributed by atoms with Gasteiger partial charge in [-0.15, -0.1) is 0 Å². The molecule has 1 aromatic carbocycles. The van der Waals surface area contributed by atoms with Crippen molar-refractivity contribution in [3.05, 3.63) is 60.2 Å². The molecule has 0 aliphatic carbocycles. The lowest BCUT2D eigenvalue weighted by molar-refractivity contribution is 1.26. The summed E-state index contributed by atoms with van der Waals surface area (Å²) in [5.74, 6) is 0. The van der Waals surface area contributed by atoms with Crippen LogP contribution in [0.2, 0.25) is 0 Å². The third-order valence-corrected chi connectivity index (χ3v) is 1.75. The quantitative estimate of drug-likeness (QED) is 0.592. The lowest BCUT2D eigenvalue weighted by Crippen LogP contribution is -1.80. The second-order valence-electron chi connectivity index (χ2n) is 2.85. The van der Waals surface area contributed by atoms with Gasteiger partial charge in [0.05, 0.1) is 0 Å². The van der Waals surface area contributed by atoms with E-state index in [2.05, 4.69) is 43.8 Å². The van der Waals surface area contributed by atoms with Gasteiger partial charge in [-0.3, -0.25) is 0 Å². The molecular weight excluding hydrogens is 144 g/mol. The normalized spacial score (nSPS) is 10.4. The molecule has 0 heteroatoms. The van der Waals surface area contributed by atoms with E-state index in [9.17, 15) is 0 Å². The summed E-state index contributed by atoms with van der Waals surface area (Å²) < 4.78 is 0. The van der Waals surface area contributed by atoms with Crippen LogP contribution in [0.4, 0.5) is 0 Å². The van der Waals surface area contributed by atoms with Crippen LogP contribution in [-0.4, -0.2) is 0 Å². The van der Waals surface area contributed by atoms with Gasteiger partial charge in [-0.25, -0.2) is 0 Å². The second kappa shape index (κ2) is 4.55. The molecule has 62 valence electrons. The predicted octanol–water partition coefficient (Wildman–Crippen LogP) is 3.28. The number of rotatable bonds is 3. The fourth-order valence-corrected chi connectivity index (χ4v) is 1.02. The van der Waals surface area contributed by atoms with Gasteiger partial charge in [-0.2, -0.15) is 0 Å². The molecule has 1 aromatic rings. The van der Waals surface area contributed by atoms with Crippen LogP contribution >= 0.6 is 0 Å². The van der Waals surface area contributed by atoms with Gasteiger partial charge in [0.15, 0.2) is 0 Å². The van der Waals surface area contributed by atoms with Crippen LogP contribution in [0, 0.1) is 6.92 Å². The van der Waals surface area contributed by atoms with Crippen LogP contribution in [0.5, 0.6) is 0 Å². The van der Waals surface area contributed by atoms with Crippen molar-refractivity contribution in [3.8, 4) is 0 Å². The molecule has 0 spiro atoms. The molecule has 0 N–H and O–H groups in total. The summed E-state index contributed by atoms with van der Waals surface area (Å²) in [5.41, 5.74) is 2.66. The van der Waals surface area contributed by atoms with Crippen LogP contribution in [0.25, 0.3) is 0 Å². The van der Waals surface area contributed by atoms with Gasteiger partial charge in [0, 0.05) is 0 Å². The van der Waals surface area contributed by atoms with Crippen LogP contribution in [0.1, 0.15) is 11.1 Å². The average Bonchev–Trinajstić information content (AvgIpc) is 2.09. The Hall–Kier alpha value is -1.30. The molecular formula is C12H14. The Labute approximate surface area is 74.2 Å². The van der Waals surface area contributed by atoms with Crippen molar-refractivity contribution in [2.75, 3.05) is 0 Å². The maximum absolute atomic E-state index is 3.62. The number of allylic oxidation sites excluding steroid dienone is 3. The first-order chi connectivity index (χ1) is 5.83. The highest BCUT2D eigenvalue weighted by Gasteiger charge is 1.87. The number of aryl methyl sites for hydroxylation is 1. The highest BCUT2D eigenvalue weighted by Crippen LogP contribution is 2.03. The average molecular weight is 158 g/mol. The van der Waals surface area contributed by atoms with Crippen LogP contribution in [-0.2, 0) is 6.42 Å². The molecule has 0 nitrogen and oxygen atoms in total. The Balaban J connectivity index is 2.58. The highest BCUT2D eigenvalue weighted by atomic mass is 13.9. The van der Waals surface area contributed by atoms with Crippen molar-refractivity contribution in [2.45, 2.75) is 13.3 Å². The van der Waals surface area contributed by atoms with Crippen molar-refractivity contribution in [1.29, 1.82) is 0 Å². The number of hydrogen-bond donors (Lipinski definition) is 0. The van der Waals surface area contributed by atoms with E-state index >= 15 is 0 Å². The van der Waals surface area contributed by atoms with E-state index in [0.717, 1.165) is 6.42 Å². The first kappa shape index (κ1) is 8.79. The molecule has 0 saturated heterocycles. The smallest absolute Gasteiger partial charge is 0.00943 e. The SMILES string of the molecule is C=CC=CCc1ccc(C)cc1. The Morgan fingerprint density at radius 1 is 1.25 bits per heavy atom. The Morgan fingerprint density at radius 3 is 2.50 bits per heavy atom. The molecule has 0 unspecified atom stereocenters. The molecule has 0 amide bonds. The molecule has 0 radical (unpaired) electrons. The molecule has 0 fully saturated rings. The fraction of sp³-hybridized carbons (Fsp3) is 0.167. The summed E-state index contributed by atoms with van der Waals surface area (Å²) >= 11 is 0. The largest absolute Gasteiger partial charge is 0.0991 e. The number of hydrogen-bond acceptors (Lipinski definition) is 0. The van der Waals surface area contributed by atoms with Crippen molar-refractivity contribution in [2.24, 2.45) is 0 Å². The van der Waals surface area contributed by atoms with E-state index in [4.69, 9.17) is 0 Å².